The highest BCUT2D eigenvalue weighted by atomic mass is 16.5. The molecule has 34 heavy (non-hydrogen) atoms. The molecule has 3 rings (SSSR count). The summed E-state index contributed by atoms with van der Waals surface area (Å²) in [6.45, 7) is 6.91. The van der Waals surface area contributed by atoms with Gasteiger partial charge in [-0.25, -0.2) is 0 Å². The van der Waals surface area contributed by atoms with Crippen molar-refractivity contribution in [2.24, 2.45) is 11.7 Å². The van der Waals surface area contributed by atoms with Gasteiger partial charge in [-0.3, -0.25) is 14.6 Å². The zero-order valence-electron chi connectivity index (χ0n) is 20.0. The van der Waals surface area contributed by atoms with Crippen LogP contribution in [0.1, 0.15) is 48.2 Å². The first-order valence-corrected chi connectivity index (χ1v) is 11.7. The number of benzene rings is 2. The van der Waals surface area contributed by atoms with E-state index >= 15 is 0 Å². The molecular weight excluding hydrogens is 426 g/mol. The summed E-state index contributed by atoms with van der Waals surface area (Å²) in [6, 6.07) is 18.9. The molecular formula is C28H33N3O3. The van der Waals surface area contributed by atoms with Crippen molar-refractivity contribution in [3.63, 3.8) is 0 Å². The van der Waals surface area contributed by atoms with Gasteiger partial charge in [0.1, 0.15) is 6.04 Å². The number of aromatic nitrogens is 1. The van der Waals surface area contributed by atoms with Crippen LogP contribution in [0, 0.1) is 5.92 Å². The van der Waals surface area contributed by atoms with E-state index in [4.69, 9.17) is 10.5 Å². The average Bonchev–Trinajstić information content (AvgIpc) is 2.85. The Kier molecular flexibility index (Phi) is 8.93. The van der Waals surface area contributed by atoms with Gasteiger partial charge in [0.2, 0.25) is 0 Å². The van der Waals surface area contributed by atoms with Crippen molar-refractivity contribution in [2.45, 2.75) is 39.2 Å². The van der Waals surface area contributed by atoms with Crippen molar-refractivity contribution >= 4 is 11.9 Å². The van der Waals surface area contributed by atoms with E-state index in [0.29, 0.717) is 31.1 Å². The minimum atomic E-state index is -0.712. The molecule has 0 saturated carbocycles. The number of nitrogens with two attached hydrogens (primary N) is 1. The van der Waals surface area contributed by atoms with Gasteiger partial charge >= 0.3 is 5.97 Å². The number of esters is 1. The van der Waals surface area contributed by atoms with E-state index in [2.05, 4.69) is 48.4 Å². The number of amides is 1. The number of hydrogen-bond acceptors (Lipinski definition) is 5. The van der Waals surface area contributed by atoms with Crippen LogP contribution < -0.4 is 11.1 Å². The summed E-state index contributed by atoms with van der Waals surface area (Å²) in [5, 5.41) is 3.07. The Morgan fingerprint density at radius 3 is 2.29 bits per heavy atom. The largest absolute Gasteiger partial charge is 0.465 e. The van der Waals surface area contributed by atoms with E-state index in [9.17, 15) is 9.59 Å². The number of ether oxygens (including phenoxy) is 1. The van der Waals surface area contributed by atoms with Crippen LogP contribution in [0.2, 0.25) is 0 Å². The minimum Gasteiger partial charge on any atom is -0.465 e. The third-order valence-corrected chi connectivity index (χ3v) is 5.88. The smallest absolute Gasteiger partial charge is 0.323 e. The number of hydrogen-bond donors (Lipinski definition) is 2. The lowest BCUT2D eigenvalue weighted by molar-refractivity contribution is -0.144. The molecule has 1 amide bonds. The Hall–Kier alpha value is -3.51. The number of pyridine rings is 1. The second kappa shape index (κ2) is 12.1. The highest BCUT2D eigenvalue weighted by Gasteiger charge is 2.18. The molecule has 0 aliphatic carbocycles. The van der Waals surface area contributed by atoms with Crippen LogP contribution in [0.25, 0.3) is 11.1 Å². The second-order valence-electron chi connectivity index (χ2n) is 8.68. The lowest BCUT2D eigenvalue weighted by atomic mass is 9.87. The van der Waals surface area contributed by atoms with Crippen molar-refractivity contribution in [3.8, 4) is 11.1 Å². The fraction of sp³-hybridized carbons (Fsp3) is 0.321. The Balaban J connectivity index is 1.60. The van der Waals surface area contributed by atoms with Crippen LogP contribution in [0.3, 0.4) is 0 Å². The van der Waals surface area contributed by atoms with Crippen LogP contribution >= 0.6 is 0 Å². The SMILES string of the molecule is CCOC(=O)[C@@H](N)Cc1ccc(C(=O)NC[C@@H](c2ccc(-c3cccnc3)cc2)C(C)C)cc1. The van der Waals surface area contributed by atoms with Crippen LogP contribution in [0.5, 0.6) is 0 Å². The predicted molar refractivity (Wildman–Crippen MR) is 134 cm³/mol. The van der Waals surface area contributed by atoms with Crippen molar-refractivity contribution in [1.82, 2.24) is 10.3 Å². The summed E-state index contributed by atoms with van der Waals surface area (Å²) in [5.74, 6) is 0.00131. The highest BCUT2D eigenvalue weighted by molar-refractivity contribution is 5.94. The lowest BCUT2D eigenvalue weighted by Crippen LogP contribution is -2.34. The number of rotatable bonds is 10. The molecule has 0 spiro atoms. The summed E-state index contributed by atoms with van der Waals surface area (Å²) in [5.41, 5.74) is 10.7. The van der Waals surface area contributed by atoms with E-state index in [1.807, 2.05) is 30.5 Å². The Labute approximate surface area is 201 Å². The molecule has 0 radical (unpaired) electrons. The molecule has 2 aromatic carbocycles. The summed E-state index contributed by atoms with van der Waals surface area (Å²) in [4.78, 5) is 28.7. The van der Waals surface area contributed by atoms with E-state index in [0.717, 1.165) is 16.7 Å². The zero-order valence-corrected chi connectivity index (χ0v) is 20.0. The molecule has 0 fully saturated rings. The molecule has 178 valence electrons. The maximum absolute atomic E-state index is 12.8. The van der Waals surface area contributed by atoms with Gasteiger partial charge in [-0.2, -0.15) is 0 Å². The molecule has 3 N–H and O–H groups in total. The average molecular weight is 460 g/mol. The predicted octanol–water partition coefficient (Wildman–Crippen LogP) is 4.35. The molecule has 6 nitrogen and oxygen atoms in total. The van der Waals surface area contributed by atoms with Gasteiger partial charge in [0, 0.05) is 30.4 Å². The van der Waals surface area contributed by atoms with Gasteiger partial charge in [-0.1, -0.05) is 56.3 Å². The van der Waals surface area contributed by atoms with E-state index in [1.165, 1.54) is 5.56 Å². The minimum absolute atomic E-state index is 0.126. The third-order valence-electron chi connectivity index (χ3n) is 5.88. The number of nitrogens with one attached hydrogen (secondary N) is 1. The van der Waals surface area contributed by atoms with Gasteiger partial charge in [-0.15, -0.1) is 0 Å². The van der Waals surface area contributed by atoms with E-state index in [1.54, 1.807) is 25.3 Å². The van der Waals surface area contributed by atoms with Crippen LogP contribution in [0.4, 0.5) is 0 Å². The fourth-order valence-corrected chi connectivity index (χ4v) is 3.88. The number of carbonyl (C=O) groups is 2. The molecule has 0 saturated heterocycles. The monoisotopic (exact) mass is 459 g/mol. The molecule has 0 unspecified atom stereocenters. The maximum Gasteiger partial charge on any atom is 0.323 e. The fourth-order valence-electron chi connectivity index (χ4n) is 3.88. The third kappa shape index (κ3) is 6.75. The number of nitrogens with zero attached hydrogens (tertiary/aromatic N) is 1. The van der Waals surface area contributed by atoms with E-state index in [-0.39, 0.29) is 11.8 Å². The van der Waals surface area contributed by atoms with Gasteiger partial charge in [0.05, 0.1) is 6.61 Å². The molecule has 0 aliphatic rings. The summed E-state index contributed by atoms with van der Waals surface area (Å²) >= 11 is 0. The van der Waals surface area contributed by atoms with Gasteiger partial charge in [0.15, 0.2) is 0 Å². The maximum atomic E-state index is 12.8. The Morgan fingerprint density at radius 2 is 1.71 bits per heavy atom. The van der Waals surface area contributed by atoms with Gasteiger partial charge in [0.25, 0.3) is 5.91 Å². The molecule has 1 heterocycles. The van der Waals surface area contributed by atoms with Gasteiger partial charge < -0.3 is 15.8 Å². The van der Waals surface area contributed by atoms with Crippen molar-refractivity contribution in [1.29, 1.82) is 0 Å². The first-order chi connectivity index (χ1) is 16.4. The number of carbonyl (C=O) groups excluding carboxylic acids is 2. The van der Waals surface area contributed by atoms with Crippen LogP contribution in [-0.2, 0) is 16.0 Å². The summed E-state index contributed by atoms with van der Waals surface area (Å²) < 4.78 is 4.95. The first-order valence-electron chi connectivity index (χ1n) is 11.7. The zero-order chi connectivity index (χ0) is 24.5. The Morgan fingerprint density at radius 1 is 1.00 bits per heavy atom. The molecule has 6 heteroatoms. The molecule has 3 aromatic rings. The van der Waals surface area contributed by atoms with Crippen LogP contribution in [0.15, 0.2) is 73.1 Å². The summed E-state index contributed by atoms with van der Waals surface area (Å²) in [6.07, 6.45) is 3.98. The highest BCUT2D eigenvalue weighted by Crippen LogP contribution is 2.27. The standard InChI is InChI=1S/C28H33N3O3/c1-4-34-28(33)26(29)16-20-7-9-23(10-8-20)27(32)31-18-25(19(2)3)22-13-11-21(12-14-22)24-6-5-15-30-17-24/h5-15,17,19,25-26H,4,16,18,29H2,1-3H3,(H,31,32)/t25-,26+/m1/s1. The Bertz CT molecular complexity index is 1060. The normalized spacial score (nSPS) is 12.7. The molecule has 2 atom stereocenters. The first kappa shape index (κ1) is 25.1. The molecule has 0 aliphatic heterocycles. The molecule has 1 aromatic heterocycles. The van der Waals surface area contributed by atoms with Crippen molar-refractivity contribution in [2.75, 3.05) is 13.2 Å². The van der Waals surface area contributed by atoms with Crippen molar-refractivity contribution < 1.29 is 14.3 Å². The topological polar surface area (TPSA) is 94.3 Å². The van der Waals surface area contributed by atoms with Crippen LogP contribution in [-0.4, -0.2) is 36.1 Å². The molecule has 0 bridgehead atoms. The lowest BCUT2D eigenvalue weighted by Gasteiger charge is -2.22. The quantitative estimate of drug-likeness (QED) is 0.440. The second-order valence-corrected chi connectivity index (χ2v) is 8.68. The summed E-state index contributed by atoms with van der Waals surface area (Å²) in [7, 11) is 0. The van der Waals surface area contributed by atoms with E-state index < -0.39 is 12.0 Å². The van der Waals surface area contributed by atoms with Crippen molar-refractivity contribution in [3.05, 3.63) is 89.7 Å². The van der Waals surface area contributed by atoms with Gasteiger partial charge in [-0.05, 0) is 59.7 Å².